The number of benzene rings is 2. The van der Waals surface area contributed by atoms with Crippen molar-refractivity contribution in [1.82, 2.24) is 5.32 Å². The number of sulfonamides is 1. The summed E-state index contributed by atoms with van der Waals surface area (Å²) >= 11 is 11.9. The van der Waals surface area contributed by atoms with Gasteiger partial charge in [0.1, 0.15) is 0 Å². The zero-order valence-corrected chi connectivity index (χ0v) is 18.4. The van der Waals surface area contributed by atoms with E-state index in [1.54, 1.807) is 0 Å². The number of carbonyl (C=O) groups is 1. The summed E-state index contributed by atoms with van der Waals surface area (Å²) in [7, 11) is -3.54. The van der Waals surface area contributed by atoms with Gasteiger partial charge in [-0.05, 0) is 30.2 Å². The second kappa shape index (κ2) is 11.4. The van der Waals surface area contributed by atoms with Crippen LogP contribution in [0.3, 0.4) is 0 Å². The lowest BCUT2D eigenvalue weighted by molar-refractivity contribution is -0.121. The smallest absolute Gasteiger partial charge is 0.232 e. The summed E-state index contributed by atoms with van der Waals surface area (Å²) in [5, 5.41) is 3.45. The number of nitrogens with zero attached hydrogens (tertiary/aromatic N) is 1. The van der Waals surface area contributed by atoms with Crippen molar-refractivity contribution in [2.24, 2.45) is 0 Å². The highest BCUT2D eigenvalue weighted by Gasteiger charge is 2.18. The minimum absolute atomic E-state index is 0.146. The second-order valence-electron chi connectivity index (χ2n) is 6.45. The number of hydrogen-bond donors (Lipinski definition) is 1. The molecule has 0 heterocycles. The normalized spacial score (nSPS) is 11.3. The van der Waals surface area contributed by atoms with Gasteiger partial charge in [0, 0.05) is 29.6 Å². The third kappa shape index (κ3) is 8.62. The zero-order chi connectivity index (χ0) is 21.3. The van der Waals surface area contributed by atoms with E-state index in [4.69, 9.17) is 27.9 Å². The van der Waals surface area contributed by atoms with Crippen LogP contribution in [-0.2, 0) is 26.2 Å². The fraction of sp³-hybridized carbons (Fsp3) is 0.350. The molecule has 2 rings (SSSR count). The third-order valence-corrected chi connectivity index (χ3v) is 5.61. The van der Waals surface area contributed by atoms with Gasteiger partial charge in [0.05, 0.1) is 25.2 Å². The molecule has 0 aliphatic carbocycles. The van der Waals surface area contributed by atoms with Crippen LogP contribution >= 0.6 is 23.2 Å². The number of ether oxygens (including phenoxy) is 1. The van der Waals surface area contributed by atoms with Crippen LogP contribution in [0.2, 0.25) is 10.0 Å². The summed E-state index contributed by atoms with van der Waals surface area (Å²) in [5.41, 5.74) is 1.44. The van der Waals surface area contributed by atoms with Gasteiger partial charge in [-0.1, -0.05) is 53.5 Å². The lowest BCUT2D eigenvalue weighted by Gasteiger charge is -2.22. The molecule has 0 aliphatic rings. The van der Waals surface area contributed by atoms with Gasteiger partial charge in [0.2, 0.25) is 15.9 Å². The predicted molar refractivity (Wildman–Crippen MR) is 117 cm³/mol. The number of hydrogen-bond acceptors (Lipinski definition) is 4. The molecule has 0 aromatic heterocycles. The van der Waals surface area contributed by atoms with E-state index in [1.807, 2.05) is 30.3 Å². The number of rotatable bonds is 11. The highest BCUT2D eigenvalue weighted by Crippen LogP contribution is 2.27. The predicted octanol–water partition coefficient (Wildman–Crippen LogP) is 3.87. The molecule has 2 aromatic carbocycles. The Bertz CT molecular complexity index is 888. The Morgan fingerprint density at radius 2 is 1.76 bits per heavy atom. The van der Waals surface area contributed by atoms with Gasteiger partial charge in [-0.25, -0.2) is 8.42 Å². The Labute approximate surface area is 181 Å². The van der Waals surface area contributed by atoms with Crippen LogP contribution in [0.1, 0.15) is 18.4 Å². The summed E-state index contributed by atoms with van der Waals surface area (Å²) in [5.74, 6) is -0.161. The number of amides is 1. The van der Waals surface area contributed by atoms with Gasteiger partial charge in [-0.2, -0.15) is 0 Å². The first-order valence-electron chi connectivity index (χ1n) is 9.08. The number of anilines is 1. The summed E-state index contributed by atoms with van der Waals surface area (Å²) in [6, 6.07) is 14.3. The van der Waals surface area contributed by atoms with Crippen molar-refractivity contribution in [2.75, 3.05) is 30.3 Å². The average Bonchev–Trinajstić information content (AvgIpc) is 2.64. The van der Waals surface area contributed by atoms with Gasteiger partial charge >= 0.3 is 0 Å². The lowest BCUT2D eigenvalue weighted by Crippen LogP contribution is -2.32. The van der Waals surface area contributed by atoms with Crippen molar-refractivity contribution in [2.45, 2.75) is 19.4 Å². The van der Waals surface area contributed by atoms with E-state index < -0.39 is 10.0 Å². The Morgan fingerprint density at radius 1 is 1.10 bits per heavy atom. The molecule has 1 amide bonds. The third-order valence-electron chi connectivity index (χ3n) is 3.98. The quantitative estimate of drug-likeness (QED) is 0.518. The van der Waals surface area contributed by atoms with Gasteiger partial charge < -0.3 is 10.1 Å². The molecule has 0 saturated carbocycles. The Kier molecular flexibility index (Phi) is 9.23. The molecule has 0 spiro atoms. The van der Waals surface area contributed by atoms with Crippen LogP contribution in [0.15, 0.2) is 48.5 Å². The van der Waals surface area contributed by atoms with E-state index in [2.05, 4.69) is 5.32 Å². The summed E-state index contributed by atoms with van der Waals surface area (Å²) in [6.45, 7) is 1.43. The van der Waals surface area contributed by atoms with Crippen molar-refractivity contribution < 1.29 is 17.9 Å². The van der Waals surface area contributed by atoms with Gasteiger partial charge in [-0.3, -0.25) is 9.10 Å². The van der Waals surface area contributed by atoms with Gasteiger partial charge in [0.25, 0.3) is 0 Å². The molecule has 29 heavy (non-hydrogen) atoms. The van der Waals surface area contributed by atoms with Crippen LogP contribution in [0.4, 0.5) is 5.69 Å². The SMILES string of the molecule is CS(=O)(=O)N(CCCC(=O)NCCOCc1ccccc1)c1cc(Cl)cc(Cl)c1. The molecule has 1 N–H and O–H groups in total. The fourth-order valence-electron chi connectivity index (χ4n) is 2.67. The average molecular weight is 459 g/mol. The number of nitrogens with one attached hydrogen (secondary N) is 1. The Hall–Kier alpha value is -1.80. The van der Waals surface area contributed by atoms with E-state index in [0.717, 1.165) is 11.8 Å². The monoisotopic (exact) mass is 458 g/mol. The number of halogens is 2. The molecule has 0 atom stereocenters. The van der Waals surface area contributed by atoms with E-state index in [1.165, 1.54) is 22.5 Å². The highest BCUT2D eigenvalue weighted by atomic mass is 35.5. The fourth-order valence-corrected chi connectivity index (χ4v) is 4.13. The summed E-state index contributed by atoms with van der Waals surface area (Å²) < 4.78 is 30.9. The van der Waals surface area contributed by atoms with E-state index in [0.29, 0.717) is 41.9 Å². The van der Waals surface area contributed by atoms with Crippen LogP contribution in [0.5, 0.6) is 0 Å². The summed E-state index contributed by atoms with van der Waals surface area (Å²) in [6.07, 6.45) is 1.65. The van der Waals surface area contributed by atoms with E-state index in [-0.39, 0.29) is 18.9 Å². The largest absolute Gasteiger partial charge is 0.375 e. The van der Waals surface area contributed by atoms with Crippen molar-refractivity contribution >= 4 is 44.8 Å². The van der Waals surface area contributed by atoms with Crippen LogP contribution in [-0.4, -0.2) is 40.3 Å². The summed E-state index contributed by atoms with van der Waals surface area (Å²) in [4.78, 5) is 12.0. The van der Waals surface area contributed by atoms with Crippen LogP contribution in [0.25, 0.3) is 0 Å². The molecule has 0 saturated heterocycles. The molecule has 9 heteroatoms. The maximum atomic E-state index is 12.1. The van der Waals surface area contributed by atoms with Crippen molar-refractivity contribution in [3.63, 3.8) is 0 Å². The highest BCUT2D eigenvalue weighted by molar-refractivity contribution is 7.92. The molecule has 0 aliphatic heterocycles. The Morgan fingerprint density at radius 3 is 2.38 bits per heavy atom. The van der Waals surface area contributed by atoms with Crippen LogP contribution < -0.4 is 9.62 Å². The molecular formula is C20H24Cl2N2O4S. The van der Waals surface area contributed by atoms with Crippen LogP contribution in [0, 0.1) is 0 Å². The second-order valence-corrected chi connectivity index (χ2v) is 9.23. The van der Waals surface area contributed by atoms with E-state index in [9.17, 15) is 13.2 Å². The topological polar surface area (TPSA) is 75.7 Å². The van der Waals surface area contributed by atoms with Crippen molar-refractivity contribution in [3.8, 4) is 0 Å². The lowest BCUT2D eigenvalue weighted by atomic mass is 10.2. The van der Waals surface area contributed by atoms with Gasteiger partial charge in [-0.15, -0.1) is 0 Å². The van der Waals surface area contributed by atoms with Gasteiger partial charge in [0.15, 0.2) is 0 Å². The standard InChI is InChI=1S/C20H24Cl2N2O4S/c1-29(26,27)24(19-13-17(21)12-18(22)14-19)10-5-8-20(25)23-9-11-28-15-16-6-3-2-4-7-16/h2-4,6-7,12-14H,5,8-11,15H2,1H3,(H,23,25). The zero-order valence-electron chi connectivity index (χ0n) is 16.1. The van der Waals surface area contributed by atoms with E-state index >= 15 is 0 Å². The Balaban J connectivity index is 1.73. The first-order chi connectivity index (χ1) is 13.8. The first kappa shape index (κ1) is 23.5. The number of carbonyl (C=O) groups excluding carboxylic acids is 1. The molecule has 0 radical (unpaired) electrons. The maximum Gasteiger partial charge on any atom is 0.232 e. The van der Waals surface area contributed by atoms with Crippen molar-refractivity contribution in [1.29, 1.82) is 0 Å². The molecule has 6 nitrogen and oxygen atoms in total. The first-order valence-corrected chi connectivity index (χ1v) is 11.7. The molecule has 2 aromatic rings. The molecule has 0 unspecified atom stereocenters. The molecule has 0 fully saturated rings. The minimum Gasteiger partial charge on any atom is -0.375 e. The molecule has 158 valence electrons. The van der Waals surface area contributed by atoms with Crippen molar-refractivity contribution in [3.05, 3.63) is 64.1 Å². The molecule has 0 bridgehead atoms. The molecular weight excluding hydrogens is 435 g/mol. The maximum absolute atomic E-state index is 12.1. The minimum atomic E-state index is -3.54.